The van der Waals surface area contributed by atoms with Crippen molar-refractivity contribution in [3.63, 3.8) is 0 Å². The number of imidazole rings is 1. The first-order valence-electron chi connectivity index (χ1n) is 11.2. The Morgan fingerprint density at radius 2 is 1.86 bits per heavy atom. The monoisotopic (exact) mass is 511 g/mol. The maximum atomic E-state index is 16.0. The van der Waals surface area contributed by atoms with Crippen LogP contribution in [-0.4, -0.2) is 50.0 Å². The highest BCUT2D eigenvalue weighted by Crippen LogP contribution is 2.44. The van der Waals surface area contributed by atoms with Crippen molar-refractivity contribution in [2.45, 2.75) is 37.6 Å². The van der Waals surface area contributed by atoms with Crippen LogP contribution in [0.3, 0.4) is 0 Å². The maximum Gasteiger partial charge on any atom is 0.338 e. The molecule has 4 atom stereocenters. The second-order valence-corrected chi connectivity index (χ2v) is 8.92. The molecule has 0 bridgehead atoms. The number of anilines is 1. The molecule has 0 spiro atoms. The number of carbonyl (C=O) groups excluding carboxylic acids is 1. The molecule has 36 heavy (non-hydrogen) atoms. The van der Waals surface area contributed by atoms with Crippen molar-refractivity contribution in [2.75, 3.05) is 12.3 Å². The van der Waals surface area contributed by atoms with Gasteiger partial charge in [-0.25, -0.2) is 14.2 Å². The highest BCUT2D eigenvalue weighted by molar-refractivity contribution is 6.33. The number of benzene rings is 2. The number of aromatic nitrogens is 4. The Morgan fingerprint density at radius 1 is 1.17 bits per heavy atom. The standard InChI is InChI=1S/C25H23ClFN5O4/c1-25(36-22(33)16-10-6-3-7-11-16)19(27)17(13-34-12-15-8-4-2-5-9-15)35-23(25)32-14-29-18-20(26)30-24(28)31-21(18)32/h2-11,14,17,19,23H,12-13H2,1H3,(H2,28,30,31)/t17-,19+,23-,25-/m1/s1. The fraction of sp³-hybridized carbons (Fsp3) is 0.280. The smallest absolute Gasteiger partial charge is 0.338 e. The van der Waals surface area contributed by atoms with E-state index < -0.39 is 30.1 Å². The van der Waals surface area contributed by atoms with E-state index in [1.54, 1.807) is 30.3 Å². The first kappa shape index (κ1) is 24.1. The number of esters is 1. The van der Waals surface area contributed by atoms with Gasteiger partial charge in [0.2, 0.25) is 5.95 Å². The third-order valence-corrected chi connectivity index (χ3v) is 6.30. The molecule has 2 aromatic carbocycles. The molecular weight excluding hydrogens is 489 g/mol. The second-order valence-electron chi connectivity index (χ2n) is 8.57. The summed E-state index contributed by atoms with van der Waals surface area (Å²) in [5, 5.41) is 0.0387. The zero-order valence-corrected chi connectivity index (χ0v) is 20.0. The van der Waals surface area contributed by atoms with E-state index in [-0.39, 0.29) is 41.0 Å². The molecule has 9 nitrogen and oxygen atoms in total. The molecule has 2 N–H and O–H groups in total. The average Bonchev–Trinajstić information content (AvgIpc) is 3.39. The molecule has 0 saturated carbocycles. The Balaban J connectivity index is 1.46. The lowest BCUT2D eigenvalue weighted by Crippen LogP contribution is -2.46. The third-order valence-electron chi connectivity index (χ3n) is 6.03. The van der Waals surface area contributed by atoms with Crippen LogP contribution in [0, 0.1) is 0 Å². The molecule has 11 heteroatoms. The van der Waals surface area contributed by atoms with Gasteiger partial charge in [0.15, 0.2) is 28.8 Å². The number of nitrogens with two attached hydrogens (primary N) is 1. The number of fused-ring (bicyclic) bond motifs is 1. The molecule has 5 rings (SSSR count). The van der Waals surface area contributed by atoms with Crippen LogP contribution in [0.4, 0.5) is 10.3 Å². The molecule has 2 aromatic heterocycles. The number of hydrogen-bond donors (Lipinski definition) is 1. The summed E-state index contributed by atoms with van der Waals surface area (Å²) in [4.78, 5) is 25.3. The normalized spacial score (nSPS) is 23.7. The molecule has 1 saturated heterocycles. The van der Waals surface area contributed by atoms with Gasteiger partial charge in [0, 0.05) is 0 Å². The van der Waals surface area contributed by atoms with Gasteiger partial charge >= 0.3 is 5.97 Å². The predicted octanol–water partition coefficient (Wildman–Crippen LogP) is 4.13. The molecule has 0 unspecified atom stereocenters. The van der Waals surface area contributed by atoms with Crippen LogP contribution in [0.1, 0.15) is 29.1 Å². The van der Waals surface area contributed by atoms with E-state index in [2.05, 4.69) is 15.0 Å². The Kier molecular flexibility index (Phi) is 6.57. The highest BCUT2D eigenvalue weighted by atomic mass is 35.5. The molecule has 4 aromatic rings. The average molecular weight is 512 g/mol. The lowest BCUT2D eigenvalue weighted by Gasteiger charge is -2.31. The van der Waals surface area contributed by atoms with Crippen molar-refractivity contribution < 1.29 is 23.4 Å². The SMILES string of the molecule is C[C@@]1(OC(=O)c2ccccc2)[C@@H](F)[C@@H](COCc2ccccc2)O[C@H]1n1cnc2c(Cl)nc(N)nc21. The van der Waals surface area contributed by atoms with E-state index in [4.69, 9.17) is 31.5 Å². The van der Waals surface area contributed by atoms with E-state index in [9.17, 15) is 4.79 Å². The van der Waals surface area contributed by atoms with Gasteiger partial charge in [0.1, 0.15) is 11.6 Å². The van der Waals surface area contributed by atoms with E-state index in [0.717, 1.165) is 5.56 Å². The summed E-state index contributed by atoms with van der Waals surface area (Å²) in [6.45, 7) is 1.67. The Hall–Kier alpha value is -3.60. The van der Waals surface area contributed by atoms with Gasteiger partial charge in [-0.05, 0) is 24.6 Å². The summed E-state index contributed by atoms with van der Waals surface area (Å²) >= 11 is 6.17. The molecule has 0 aliphatic carbocycles. The number of nitrogens with zero attached hydrogens (tertiary/aromatic N) is 4. The topological polar surface area (TPSA) is 114 Å². The number of halogens is 2. The van der Waals surface area contributed by atoms with Crippen molar-refractivity contribution in [3.8, 4) is 0 Å². The van der Waals surface area contributed by atoms with Gasteiger partial charge in [-0.1, -0.05) is 60.1 Å². The second kappa shape index (κ2) is 9.81. The van der Waals surface area contributed by atoms with Crippen LogP contribution >= 0.6 is 11.6 Å². The number of nitrogen functional groups attached to an aromatic ring is 1. The van der Waals surface area contributed by atoms with Gasteiger partial charge in [-0.15, -0.1) is 0 Å². The van der Waals surface area contributed by atoms with Gasteiger partial charge in [-0.3, -0.25) is 4.57 Å². The summed E-state index contributed by atoms with van der Waals surface area (Å²) in [7, 11) is 0. The number of carbonyl (C=O) groups is 1. The van der Waals surface area contributed by atoms with Crippen molar-refractivity contribution >= 4 is 34.7 Å². The Morgan fingerprint density at radius 3 is 2.58 bits per heavy atom. The fourth-order valence-electron chi connectivity index (χ4n) is 4.22. The predicted molar refractivity (Wildman–Crippen MR) is 130 cm³/mol. The Bertz CT molecular complexity index is 1370. The summed E-state index contributed by atoms with van der Waals surface area (Å²) in [6, 6.07) is 17.8. The van der Waals surface area contributed by atoms with E-state index in [1.165, 1.54) is 17.8 Å². The van der Waals surface area contributed by atoms with Gasteiger partial charge in [0.05, 0.1) is 25.1 Å². The van der Waals surface area contributed by atoms with Crippen molar-refractivity contribution in [1.29, 1.82) is 0 Å². The lowest BCUT2D eigenvalue weighted by atomic mass is 9.97. The quantitative estimate of drug-likeness (QED) is 0.291. The first-order valence-corrected chi connectivity index (χ1v) is 11.6. The molecule has 3 heterocycles. The van der Waals surface area contributed by atoms with Crippen LogP contribution in [0.2, 0.25) is 5.15 Å². The van der Waals surface area contributed by atoms with Gasteiger partial charge in [-0.2, -0.15) is 9.97 Å². The fourth-order valence-corrected chi connectivity index (χ4v) is 4.44. The Labute approximate surface area is 211 Å². The van der Waals surface area contributed by atoms with Gasteiger partial charge < -0.3 is 19.9 Å². The minimum Gasteiger partial charge on any atom is -0.448 e. The first-order chi connectivity index (χ1) is 17.4. The van der Waals surface area contributed by atoms with Crippen molar-refractivity contribution in [3.05, 3.63) is 83.3 Å². The summed E-state index contributed by atoms with van der Waals surface area (Å²) in [6.07, 6.45) is -2.54. The van der Waals surface area contributed by atoms with Gasteiger partial charge in [0.25, 0.3) is 0 Å². The molecular formula is C25H23ClFN5O4. The highest BCUT2D eigenvalue weighted by Gasteiger charge is 2.59. The number of ether oxygens (including phenoxy) is 3. The minimum atomic E-state index is -1.76. The summed E-state index contributed by atoms with van der Waals surface area (Å²) in [5.41, 5.74) is 5.71. The third kappa shape index (κ3) is 4.50. The van der Waals surface area contributed by atoms with E-state index in [0.29, 0.717) is 0 Å². The molecule has 1 fully saturated rings. The molecule has 0 radical (unpaired) electrons. The largest absolute Gasteiger partial charge is 0.448 e. The summed E-state index contributed by atoms with van der Waals surface area (Å²) < 4.78 is 35.1. The maximum absolute atomic E-state index is 16.0. The van der Waals surface area contributed by atoms with Crippen molar-refractivity contribution in [2.24, 2.45) is 0 Å². The zero-order valence-electron chi connectivity index (χ0n) is 19.3. The zero-order chi connectivity index (χ0) is 25.3. The van der Waals surface area contributed by atoms with Crippen LogP contribution in [-0.2, 0) is 20.8 Å². The van der Waals surface area contributed by atoms with E-state index in [1.807, 2.05) is 30.3 Å². The number of rotatable bonds is 7. The molecule has 1 aliphatic rings. The number of hydrogen-bond acceptors (Lipinski definition) is 8. The molecule has 0 amide bonds. The summed E-state index contributed by atoms with van der Waals surface area (Å²) in [5.74, 6) is -0.786. The van der Waals surface area contributed by atoms with Crippen LogP contribution in [0.5, 0.6) is 0 Å². The molecule has 1 aliphatic heterocycles. The minimum absolute atomic E-state index is 0.0387. The molecule has 186 valence electrons. The van der Waals surface area contributed by atoms with Crippen LogP contribution < -0.4 is 5.73 Å². The van der Waals surface area contributed by atoms with Crippen LogP contribution in [0.25, 0.3) is 11.2 Å². The van der Waals surface area contributed by atoms with Crippen molar-refractivity contribution in [1.82, 2.24) is 19.5 Å². The van der Waals surface area contributed by atoms with Crippen LogP contribution in [0.15, 0.2) is 67.0 Å². The number of alkyl halides is 1. The lowest BCUT2D eigenvalue weighted by molar-refractivity contribution is -0.102. The van der Waals surface area contributed by atoms with E-state index >= 15 is 4.39 Å².